The number of carbonyl (C=O) groups excluding carboxylic acids is 1. The topological polar surface area (TPSA) is 51.1 Å². The summed E-state index contributed by atoms with van der Waals surface area (Å²) >= 11 is 0. The summed E-state index contributed by atoms with van der Waals surface area (Å²) in [6.45, 7) is 1.51. The Morgan fingerprint density at radius 2 is 2.04 bits per heavy atom. The van der Waals surface area contributed by atoms with E-state index in [9.17, 15) is 4.79 Å². The fraction of sp³-hybridized carbons (Fsp3) is 0.556. The maximum Gasteiger partial charge on any atom is 0.272 e. The predicted molar refractivity (Wildman–Crippen MR) is 86.0 cm³/mol. The minimum atomic E-state index is -0.141. The Morgan fingerprint density at radius 3 is 2.91 bits per heavy atom. The van der Waals surface area contributed by atoms with Crippen LogP contribution in [0.4, 0.5) is 0 Å². The first-order chi connectivity index (χ1) is 11.3. The minimum absolute atomic E-state index is 0.0332. The number of fused-ring (bicyclic) bond motifs is 1. The first-order valence-corrected chi connectivity index (χ1v) is 8.53. The molecule has 2 heterocycles. The Labute approximate surface area is 136 Å². The molecule has 3 aliphatic rings. The third kappa shape index (κ3) is 2.85. The van der Waals surface area contributed by atoms with Crippen molar-refractivity contribution in [1.82, 2.24) is 4.90 Å². The van der Waals surface area contributed by atoms with Crippen LogP contribution in [0.15, 0.2) is 35.5 Å². The minimum Gasteiger partial charge on any atom is -0.387 e. The Balaban J connectivity index is 1.46. The molecule has 0 radical (unpaired) electrons. The van der Waals surface area contributed by atoms with E-state index in [0.29, 0.717) is 12.1 Å². The molecule has 1 amide bonds. The summed E-state index contributed by atoms with van der Waals surface area (Å²) in [5, 5.41) is 4.10. The zero-order valence-electron chi connectivity index (χ0n) is 13.2. The van der Waals surface area contributed by atoms with Crippen LogP contribution in [-0.4, -0.2) is 41.8 Å². The summed E-state index contributed by atoms with van der Waals surface area (Å²) in [5.74, 6) is 0.0332. The Morgan fingerprint density at radius 1 is 1.17 bits per heavy atom. The van der Waals surface area contributed by atoms with Crippen molar-refractivity contribution in [2.75, 3.05) is 13.2 Å². The number of hydrogen-bond donors (Lipinski definition) is 0. The number of nitrogens with zero attached hydrogens (tertiary/aromatic N) is 2. The van der Waals surface area contributed by atoms with Gasteiger partial charge in [-0.25, -0.2) is 0 Å². The van der Waals surface area contributed by atoms with Crippen LogP contribution in [0, 0.1) is 0 Å². The molecule has 1 aromatic carbocycles. The molecule has 3 atom stereocenters. The van der Waals surface area contributed by atoms with Crippen molar-refractivity contribution >= 4 is 11.6 Å². The Bertz CT molecular complexity index is 602. The highest BCUT2D eigenvalue weighted by molar-refractivity contribution is 6.39. The standard InChI is InChI=1S/C18H22N2O3/c21-18(20-10-5-11-22-16-9-4-8-15(16)20)14-12-17(23-19-14)13-6-2-1-3-7-13/h1-3,6-7,15-17H,4-5,8-12H2/t15-,16-,17+/m1/s1. The molecule has 1 aliphatic carbocycles. The van der Waals surface area contributed by atoms with E-state index >= 15 is 0 Å². The van der Waals surface area contributed by atoms with Gasteiger partial charge in [-0.05, 0) is 31.2 Å². The maximum absolute atomic E-state index is 12.9. The molecule has 23 heavy (non-hydrogen) atoms. The quantitative estimate of drug-likeness (QED) is 0.843. The van der Waals surface area contributed by atoms with Crippen molar-refractivity contribution in [2.45, 2.75) is 50.4 Å². The van der Waals surface area contributed by atoms with Gasteiger partial charge in [-0.3, -0.25) is 4.79 Å². The number of oxime groups is 1. The number of carbonyl (C=O) groups is 1. The first kappa shape index (κ1) is 14.7. The summed E-state index contributed by atoms with van der Waals surface area (Å²) in [7, 11) is 0. The molecule has 0 unspecified atom stereocenters. The summed E-state index contributed by atoms with van der Waals surface area (Å²) in [5.41, 5.74) is 1.61. The zero-order valence-corrected chi connectivity index (χ0v) is 13.2. The second-order valence-corrected chi connectivity index (χ2v) is 6.51. The lowest BCUT2D eigenvalue weighted by Gasteiger charge is -2.29. The molecule has 1 aromatic rings. The van der Waals surface area contributed by atoms with Gasteiger partial charge in [0, 0.05) is 19.6 Å². The molecule has 0 aromatic heterocycles. The van der Waals surface area contributed by atoms with E-state index in [4.69, 9.17) is 9.57 Å². The van der Waals surface area contributed by atoms with Gasteiger partial charge in [0.25, 0.3) is 5.91 Å². The molecule has 2 aliphatic heterocycles. The van der Waals surface area contributed by atoms with Crippen LogP contribution in [0.1, 0.15) is 43.8 Å². The van der Waals surface area contributed by atoms with Gasteiger partial charge >= 0.3 is 0 Å². The van der Waals surface area contributed by atoms with Gasteiger partial charge in [0.05, 0.1) is 12.1 Å². The summed E-state index contributed by atoms with van der Waals surface area (Å²) in [6.07, 6.45) is 4.74. The van der Waals surface area contributed by atoms with Crippen molar-refractivity contribution in [3.8, 4) is 0 Å². The molecule has 0 spiro atoms. The van der Waals surface area contributed by atoms with E-state index in [1.807, 2.05) is 35.2 Å². The van der Waals surface area contributed by atoms with E-state index in [-0.39, 0.29) is 24.2 Å². The van der Waals surface area contributed by atoms with Crippen molar-refractivity contribution in [1.29, 1.82) is 0 Å². The first-order valence-electron chi connectivity index (χ1n) is 8.53. The van der Waals surface area contributed by atoms with Crippen LogP contribution < -0.4 is 0 Å². The second-order valence-electron chi connectivity index (χ2n) is 6.51. The number of rotatable bonds is 2. The predicted octanol–water partition coefficient (Wildman–Crippen LogP) is 2.67. The highest BCUT2D eigenvalue weighted by atomic mass is 16.6. The van der Waals surface area contributed by atoms with Crippen molar-refractivity contribution in [3.05, 3.63) is 35.9 Å². The SMILES string of the molecule is O=C(C1=NO[C@H](c2ccccc2)C1)N1CCCO[C@@H]2CCC[C@H]21. The molecule has 5 heteroatoms. The van der Waals surface area contributed by atoms with Gasteiger partial charge < -0.3 is 14.5 Å². The number of ether oxygens (including phenoxy) is 1. The van der Waals surface area contributed by atoms with Gasteiger partial charge in [-0.15, -0.1) is 0 Å². The molecule has 0 N–H and O–H groups in total. The zero-order chi connectivity index (χ0) is 15.6. The fourth-order valence-corrected chi connectivity index (χ4v) is 3.86. The smallest absolute Gasteiger partial charge is 0.272 e. The van der Waals surface area contributed by atoms with Crippen molar-refractivity contribution < 1.29 is 14.4 Å². The molecule has 2 fully saturated rings. The van der Waals surface area contributed by atoms with Gasteiger partial charge in [0.1, 0.15) is 5.71 Å². The van der Waals surface area contributed by atoms with Gasteiger partial charge in [-0.1, -0.05) is 35.5 Å². The van der Waals surface area contributed by atoms with E-state index in [1.165, 1.54) is 0 Å². The highest BCUT2D eigenvalue weighted by Crippen LogP contribution is 2.32. The molecular formula is C18H22N2O3. The monoisotopic (exact) mass is 314 g/mol. The van der Waals surface area contributed by atoms with E-state index < -0.39 is 0 Å². The maximum atomic E-state index is 12.9. The summed E-state index contributed by atoms with van der Waals surface area (Å²) in [4.78, 5) is 20.4. The summed E-state index contributed by atoms with van der Waals surface area (Å²) in [6, 6.07) is 10.2. The van der Waals surface area contributed by atoms with Crippen molar-refractivity contribution in [2.24, 2.45) is 5.16 Å². The second kappa shape index (κ2) is 6.32. The van der Waals surface area contributed by atoms with Crippen LogP contribution in [-0.2, 0) is 14.4 Å². The molecule has 122 valence electrons. The van der Waals surface area contributed by atoms with Crippen LogP contribution in [0.25, 0.3) is 0 Å². The molecule has 4 rings (SSSR count). The largest absolute Gasteiger partial charge is 0.387 e. The average Bonchev–Trinajstić information content (AvgIpc) is 3.21. The van der Waals surface area contributed by atoms with Crippen LogP contribution >= 0.6 is 0 Å². The normalized spacial score (nSPS) is 30.3. The lowest BCUT2D eigenvalue weighted by molar-refractivity contribution is -0.127. The Hall–Kier alpha value is -1.88. The number of hydrogen-bond acceptors (Lipinski definition) is 4. The van der Waals surface area contributed by atoms with Crippen LogP contribution in [0.3, 0.4) is 0 Å². The van der Waals surface area contributed by atoms with Gasteiger partial charge in [0.2, 0.25) is 0 Å². The van der Waals surface area contributed by atoms with Gasteiger partial charge in [-0.2, -0.15) is 0 Å². The Kier molecular flexibility index (Phi) is 4.04. The molecule has 1 saturated carbocycles. The number of benzene rings is 1. The molecule has 5 nitrogen and oxygen atoms in total. The van der Waals surface area contributed by atoms with Crippen LogP contribution in [0.5, 0.6) is 0 Å². The van der Waals surface area contributed by atoms with Crippen molar-refractivity contribution in [3.63, 3.8) is 0 Å². The third-order valence-electron chi connectivity index (χ3n) is 5.04. The molecule has 1 saturated heterocycles. The molecular weight excluding hydrogens is 292 g/mol. The lowest BCUT2D eigenvalue weighted by atomic mass is 10.0. The third-order valence-corrected chi connectivity index (χ3v) is 5.04. The highest BCUT2D eigenvalue weighted by Gasteiger charge is 2.40. The van der Waals surface area contributed by atoms with Gasteiger partial charge in [0.15, 0.2) is 6.10 Å². The lowest BCUT2D eigenvalue weighted by Crippen LogP contribution is -2.46. The average molecular weight is 314 g/mol. The number of amides is 1. The summed E-state index contributed by atoms with van der Waals surface area (Å²) < 4.78 is 5.90. The van der Waals surface area contributed by atoms with Crippen LogP contribution in [0.2, 0.25) is 0 Å². The van der Waals surface area contributed by atoms with E-state index in [1.54, 1.807) is 0 Å². The van der Waals surface area contributed by atoms with E-state index in [0.717, 1.165) is 44.4 Å². The fourth-order valence-electron chi connectivity index (χ4n) is 3.86. The van der Waals surface area contributed by atoms with E-state index in [2.05, 4.69) is 5.16 Å². The molecule has 0 bridgehead atoms.